The smallest absolute Gasteiger partial charge is 0.322 e. The number of primary amides is 1. The molecular weight excluding hydrogens is 250 g/mol. The topological polar surface area (TPSA) is 75.4 Å². The van der Waals surface area contributed by atoms with Crippen molar-refractivity contribution in [1.29, 1.82) is 0 Å². The number of likely N-dealkylation sites (tertiary alicyclic amines) is 1. The van der Waals surface area contributed by atoms with Gasteiger partial charge in [0.1, 0.15) is 5.00 Å². The molecule has 1 aliphatic rings. The van der Waals surface area contributed by atoms with Crippen LogP contribution in [0.5, 0.6) is 0 Å². The van der Waals surface area contributed by atoms with E-state index in [0.29, 0.717) is 16.5 Å². The van der Waals surface area contributed by atoms with Gasteiger partial charge in [0.05, 0.1) is 5.56 Å². The summed E-state index contributed by atoms with van der Waals surface area (Å²) < 4.78 is 0. The molecule has 5 nitrogen and oxygen atoms in total. The monoisotopic (exact) mass is 267 g/mol. The zero-order chi connectivity index (χ0) is 13.1. The molecule has 0 saturated carbocycles. The highest BCUT2D eigenvalue weighted by Crippen LogP contribution is 2.24. The van der Waals surface area contributed by atoms with E-state index in [2.05, 4.69) is 12.2 Å². The van der Waals surface area contributed by atoms with E-state index >= 15 is 0 Å². The van der Waals surface area contributed by atoms with E-state index in [1.165, 1.54) is 11.3 Å². The molecule has 98 valence electrons. The standard InChI is InChI=1S/C12H17N3O2S/c1-8-2-5-15(6-3-8)12(17)14-11-9(10(13)16)4-7-18-11/h4,7-8H,2-3,5-6H2,1H3,(H2,13,16)(H,14,17). The predicted octanol–water partition coefficient (Wildman–Crippen LogP) is 2.11. The first kappa shape index (κ1) is 12.9. The number of amides is 3. The van der Waals surface area contributed by atoms with Gasteiger partial charge in [-0.25, -0.2) is 4.79 Å². The lowest BCUT2D eigenvalue weighted by Crippen LogP contribution is -2.40. The number of nitrogens with zero attached hydrogens (tertiary/aromatic N) is 1. The van der Waals surface area contributed by atoms with Crippen molar-refractivity contribution >= 4 is 28.3 Å². The average molecular weight is 267 g/mol. The fraction of sp³-hybridized carbons (Fsp3) is 0.500. The molecule has 2 heterocycles. The molecule has 6 heteroatoms. The summed E-state index contributed by atoms with van der Waals surface area (Å²) in [5.41, 5.74) is 5.61. The molecule has 1 saturated heterocycles. The summed E-state index contributed by atoms with van der Waals surface area (Å²) in [4.78, 5) is 24.9. The first-order valence-electron chi connectivity index (χ1n) is 6.01. The van der Waals surface area contributed by atoms with E-state index in [1.807, 2.05) is 0 Å². The van der Waals surface area contributed by atoms with Gasteiger partial charge in [-0.3, -0.25) is 10.1 Å². The number of hydrogen-bond acceptors (Lipinski definition) is 3. The third-order valence-corrected chi connectivity index (χ3v) is 4.05. The largest absolute Gasteiger partial charge is 0.366 e. The molecule has 1 fully saturated rings. The summed E-state index contributed by atoms with van der Waals surface area (Å²) in [5, 5.41) is 5.04. The van der Waals surface area contributed by atoms with Crippen molar-refractivity contribution in [2.24, 2.45) is 11.7 Å². The van der Waals surface area contributed by atoms with Crippen molar-refractivity contribution in [2.45, 2.75) is 19.8 Å². The first-order valence-corrected chi connectivity index (χ1v) is 6.89. The van der Waals surface area contributed by atoms with E-state index in [-0.39, 0.29) is 6.03 Å². The molecule has 2 rings (SSSR count). The van der Waals surface area contributed by atoms with Crippen LogP contribution in [0.3, 0.4) is 0 Å². The Morgan fingerprint density at radius 2 is 2.11 bits per heavy atom. The van der Waals surface area contributed by atoms with E-state index < -0.39 is 5.91 Å². The Labute approximate surface area is 110 Å². The number of nitrogens with one attached hydrogen (secondary N) is 1. The van der Waals surface area contributed by atoms with E-state index in [9.17, 15) is 9.59 Å². The Bertz CT molecular complexity index is 450. The Balaban J connectivity index is 1.98. The number of anilines is 1. The van der Waals surface area contributed by atoms with Crippen LogP contribution in [0.25, 0.3) is 0 Å². The minimum Gasteiger partial charge on any atom is -0.366 e. The number of rotatable bonds is 2. The fourth-order valence-corrected chi connectivity index (χ4v) is 2.77. The number of carbonyl (C=O) groups is 2. The van der Waals surface area contributed by atoms with Crippen molar-refractivity contribution in [3.63, 3.8) is 0 Å². The molecular formula is C12H17N3O2S. The highest BCUT2D eigenvalue weighted by atomic mass is 32.1. The van der Waals surface area contributed by atoms with Gasteiger partial charge in [0.15, 0.2) is 0 Å². The van der Waals surface area contributed by atoms with Crippen LogP contribution in [0.15, 0.2) is 11.4 Å². The summed E-state index contributed by atoms with van der Waals surface area (Å²) in [6, 6.07) is 1.48. The second-order valence-electron chi connectivity index (χ2n) is 4.63. The molecule has 3 N–H and O–H groups in total. The minimum atomic E-state index is -0.515. The van der Waals surface area contributed by atoms with Crippen LogP contribution >= 0.6 is 11.3 Å². The zero-order valence-electron chi connectivity index (χ0n) is 10.3. The molecule has 0 unspecified atom stereocenters. The Kier molecular flexibility index (Phi) is 3.86. The lowest BCUT2D eigenvalue weighted by Gasteiger charge is -2.30. The van der Waals surface area contributed by atoms with E-state index in [1.54, 1.807) is 16.3 Å². The van der Waals surface area contributed by atoms with Gasteiger partial charge in [0.2, 0.25) is 0 Å². The molecule has 0 bridgehead atoms. The lowest BCUT2D eigenvalue weighted by atomic mass is 10.00. The van der Waals surface area contributed by atoms with Gasteiger partial charge in [-0.05, 0) is 30.2 Å². The highest BCUT2D eigenvalue weighted by Gasteiger charge is 2.21. The van der Waals surface area contributed by atoms with Crippen LogP contribution in [0.1, 0.15) is 30.1 Å². The maximum Gasteiger partial charge on any atom is 0.322 e. The second-order valence-corrected chi connectivity index (χ2v) is 5.54. The molecule has 1 aromatic heterocycles. The second kappa shape index (κ2) is 5.39. The van der Waals surface area contributed by atoms with Crippen LogP contribution in [-0.4, -0.2) is 29.9 Å². The lowest BCUT2D eigenvalue weighted by molar-refractivity contribution is 0.100. The van der Waals surface area contributed by atoms with Crippen LogP contribution in [-0.2, 0) is 0 Å². The number of piperidine rings is 1. The van der Waals surface area contributed by atoms with Gasteiger partial charge in [0.25, 0.3) is 5.91 Å². The molecule has 18 heavy (non-hydrogen) atoms. The van der Waals surface area contributed by atoms with Crippen LogP contribution in [0.2, 0.25) is 0 Å². The maximum atomic E-state index is 12.0. The first-order chi connectivity index (χ1) is 8.58. The molecule has 0 atom stereocenters. The normalized spacial score (nSPS) is 16.6. The molecule has 0 aromatic carbocycles. The number of carbonyl (C=O) groups excluding carboxylic acids is 2. The third-order valence-electron chi connectivity index (χ3n) is 3.22. The summed E-state index contributed by atoms with van der Waals surface area (Å²) in [5.74, 6) is 0.163. The highest BCUT2D eigenvalue weighted by molar-refractivity contribution is 7.14. The van der Waals surface area contributed by atoms with Gasteiger partial charge < -0.3 is 10.6 Å². The average Bonchev–Trinajstić information content (AvgIpc) is 2.78. The summed E-state index contributed by atoms with van der Waals surface area (Å²) >= 11 is 1.31. The van der Waals surface area contributed by atoms with Crippen LogP contribution in [0, 0.1) is 5.92 Å². The van der Waals surface area contributed by atoms with Gasteiger partial charge >= 0.3 is 6.03 Å². The van der Waals surface area contributed by atoms with Crippen molar-refractivity contribution in [3.05, 3.63) is 17.0 Å². The van der Waals surface area contributed by atoms with E-state index in [4.69, 9.17) is 5.73 Å². The number of urea groups is 1. The molecule has 1 aliphatic heterocycles. The summed E-state index contributed by atoms with van der Waals surface area (Å²) in [6.45, 7) is 3.73. The molecule has 0 aliphatic carbocycles. The minimum absolute atomic E-state index is 0.146. The summed E-state index contributed by atoms with van der Waals surface area (Å²) in [6.07, 6.45) is 2.06. The van der Waals surface area contributed by atoms with Gasteiger partial charge in [0, 0.05) is 13.1 Å². The Hall–Kier alpha value is -1.56. The zero-order valence-corrected chi connectivity index (χ0v) is 11.1. The number of hydrogen-bond donors (Lipinski definition) is 2. The van der Waals surface area contributed by atoms with Gasteiger partial charge in [-0.2, -0.15) is 0 Å². The van der Waals surface area contributed by atoms with Crippen LogP contribution in [0.4, 0.5) is 9.80 Å². The van der Waals surface area contributed by atoms with E-state index in [0.717, 1.165) is 25.9 Å². The molecule has 0 radical (unpaired) electrons. The van der Waals surface area contributed by atoms with Crippen molar-refractivity contribution in [3.8, 4) is 0 Å². The molecule has 3 amide bonds. The third kappa shape index (κ3) is 2.81. The maximum absolute atomic E-state index is 12.0. The number of nitrogens with two attached hydrogens (primary N) is 1. The van der Waals surface area contributed by atoms with Gasteiger partial charge in [-0.15, -0.1) is 11.3 Å². The van der Waals surface area contributed by atoms with Crippen LogP contribution < -0.4 is 11.1 Å². The number of thiophene rings is 1. The SMILES string of the molecule is CC1CCN(C(=O)Nc2sccc2C(N)=O)CC1. The molecule has 0 spiro atoms. The molecule has 1 aromatic rings. The quantitative estimate of drug-likeness (QED) is 0.861. The van der Waals surface area contributed by atoms with Gasteiger partial charge in [-0.1, -0.05) is 6.92 Å². The van der Waals surface area contributed by atoms with Crippen molar-refractivity contribution in [2.75, 3.05) is 18.4 Å². The summed E-state index contributed by atoms with van der Waals surface area (Å²) in [7, 11) is 0. The fourth-order valence-electron chi connectivity index (χ4n) is 1.99. The van der Waals surface area contributed by atoms with Crippen molar-refractivity contribution < 1.29 is 9.59 Å². The predicted molar refractivity (Wildman–Crippen MR) is 71.8 cm³/mol. The Morgan fingerprint density at radius 3 is 2.72 bits per heavy atom. The van der Waals surface area contributed by atoms with Crippen molar-refractivity contribution in [1.82, 2.24) is 4.90 Å². The Morgan fingerprint density at radius 1 is 1.44 bits per heavy atom.